The molecule has 1 heterocycles. The Balaban J connectivity index is 1.58. The predicted molar refractivity (Wildman–Crippen MR) is 132 cm³/mol. The molecule has 9 nitrogen and oxygen atoms in total. The fraction of sp³-hybridized carbons (Fsp3) is 0.0800. The molecule has 10 heteroatoms. The molecule has 1 N–H and O–H groups in total. The van der Waals surface area contributed by atoms with E-state index in [9.17, 15) is 24.5 Å². The first-order chi connectivity index (χ1) is 16.7. The first kappa shape index (κ1) is 23.8. The van der Waals surface area contributed by atoms with E-state index in [1.807, 2.05) is 31.2 Å². The minimum Gasteiger partial charge on any atom is -0.488 e. The summed E-state index contributed by atoms with van der Waals surface area (Å²) in [7, 11) is 0. The number of carbonyl (C=O) groups is 3. The van der Waals surface area contributed by atoms with Crippen molar-refractivity contribution in [2.24, 2.45) is 0 Å². The van der Waals surface area contributed by atoms with Crippen molar-refractivity contribution >= 4 is 51.2 Å². The Hall–Kier alpha value is -4.31. The van der Waals surface area contributed by atoms with Crippen LogP contribution in [-0.2, 0) is 16.2 Å². The van der Waals surface area contributed by atoms with Crippen LogP contribution in [0.15, 0.2) is 76.8 Å². The number of halogens is 1. The van der Waals surface area contributed by atoms with E-state index in [-0.39, 0.29) is 16.9 Å². The lowest BCUT2D eigenvalue weighted by Crippen LogP contribution is -2.54. The Morgan fingerprint density at radius 3 is 2.54 bits per heavy atom. The molecule has 0 unspecified atom stereocenters. The lowest BCUT2D eigenvalue weighted by Gasteiger charge is -2.26. The van der Waals surface area contributed by atoms with Gasteiger partial charge in [0, 0.05) is 12.1 Å². The van der Waals surface area contributed by atoms with Crippen molar-refractivity contribution in [3.05, 3.63) is 104 Å². The van der Waals surface area contributed by atoms with E-state index in [0.717, 1.165) is 17.2 Å². The molecule has 0 bridgehead atoms. The largest absolute Gasteiger partial charge is 0.488 e. The fourth-order valence-corrected chi connectivity index (χ4v) is 4.00. The number of anilines is 1. The van der Waals surface area contributed by atoms with Crippen molar-refractivity contribution < 1.29 is 24.0 Å². The average Bonchev–Trinajstić information content (AvgIpc) is 2.81. The SMILES string of the molecule is Cc1cccc(COc2ccc(/C=C3\C(=O)NC(=O)N(c4cccc([N+](=O)[O-])c4)C3=O)cc2Br)c1. The second-order valence-electron chi connectivity index (χ2n) is 7.70. The Morgan fingerprint density at radius 2 is 1.83 bits per heavy atom. The monoisotopic (exact) mass is 535 g/mol. The third-order valence-electron chi connectivity index (χ3n) is 5.14. The van der Waals surface area contributed by atoms with Crippen molar-refractivity contribution in [3.8, 4) is 5.75 Å². The quantitative estimate of drug-likeness (QED) is 0.207. The van der Waals surface area contributed by atoms with E-state index < -0.39 is 22.8 Å². The summed E-state index contributed by atoms with van der Waals surface area (Å²) in [6, 6.07) is 17.0. The second-order valence-corrected chi connectivity index (χ2v) is 8.56. The number of non-ortho nitro benzene ring substituents is 1. The van der Waals surface area contributed by atoms with Gasteiger partial charge in [0.1, 0.15) is 17.9 Å². The molecule has 4 rings (SSSR count). The van der Waals surface area contributed by atoms with Gasteiger partial charge in [0.05, 0.1) is 15.1 Å². The highest BCUT2D eigenvalue weighted by Crippen LogP contribution is 2.29. The Morgan fingerprint density at radius 1 is 1.06 bits per heavy atom. The highest BCUT2D eigenvalue weighted by atomic mass is 79.9. The zero-order valence-electron chi connectivity index (χ0n) is 18.4. The minimum absolute atomic E-state index is 0.0267. The van der Waals surface area contributed by atoms with Gasteiger partial charge in [-0.1, -0.05) is 42.0 Å². The number of nitro groups is 1. The van der Waals surface area contributed by atoms with Gasteiger partial charge in [-0.15, -0.1) is 0 Å². The number of nitrogens with one attached hydrogen (secondary N) is 1. The number of hydrogen-bond acceptors (Lipinski definition) is 6. The number of nitrogens with zero attached hydrogens (tertiary/aromatic N) is 2. The number of benzene rings is 3. The van der Waals surface area contributed by atoms with Gasteiger partial charge in [0.25, 0.3) is 17.5 Å². The fourth-order valence-electron chi connectivity index (χ4n) is 3.49. The van der Waals surface area contributed by atoms with Crippen LogP contribution in [0, 0.1) is 17.0 Å². The summed E-state index contributed by atoms with van der Waals surface area (Å²) in [4.78, 5) is 48.9. The van der Waals surface area contributed by atoms with Crippen molar-refractivity contribution in [2.75, 3.05) is 4.90 Å². The van der Waals surface area contributed by atoms with E-state index >= 15 is 0 Å². The predicted octanol–water partition coefficient (Wildman–Crippen LogP) is 4.91. The minimum atomic E-state index is -0.987. The molecule has 35 heavy (non-hydrogen) atoms. The molecule has 0 saturated carbocycles. The Bertz CT molecular complexity index is 1400. The number of imide groups is 2. The molecule has 1 saturated heterocycles. The molecule has 3 aromatic carbocycles. The number of urea groups is 1. The smallest absolute Gasteiger partial charge is 0.335 e. The van der Waals surface area contributed by atoms with Gasteiger partial charge >= 0.3 is 6.03 Å². The number of hydrogen-bond donors (Lipinski definition) is 1. The van der Waals surface area contributed by atoms with Gasteiger partial charge in [0.15, 0.2) is 0 Å². The van der Waals surface area contributed by atoms with E-state index in [4.69, 9.17) is 4.74 Å². The lowest BCUT2D eigenvalue weighted by molar-refractivity contribution is -0.384. The number of nitro benzene ring substituents is 1. The average molecular weight is 536 g/mol. The van der Waals surface area contributed by atoms with Crippen molar-refractivity contribution in [1.29, 1.82) is 0 Å². The van der Waals surface area contributed by atoms with Gasteiger partial charge in [-0.25, -0.2) is 9.69 Å². The molecular formula is C25H18BrN3O6. The summed E-state index contributed by atoms with van der Waals surface area (Å²) in [5, 5.41) is 13.2. The molecule has 0 aliphatic carbocycles. The van der Waals surface area contributed by atoms with Crippen LogP contribution in [0.1, 0.15) is 16.7 Å². The molecule has 0 radical (unpaired) electrons. The third kappa shape index (κ3) is 5.28. The van der Waals surface area contributed by atoms with E-state index in [2.05, 4.69) is 21.2 Å². The van der Waals surface area contributed by atoms with Crippen LogP contribution in [0.5, 0.6) is 5.75 Å². The Labute approximate surface area is 208 Å². The maximum Gasteiger partial charge on any atom is 0.335 e. The number of ether oxygens (including phenoxy) is 1. The van der Waals surface area contributed by atoms with Crippen LogP contribution in [0.2, 0.25) is 0 Å². The summed E-state index contributed by atoms with van der Waals surface area (Å²) >= 11 is 3.44. The summed E-state index contributed by atoms with van der Waals surface area (Å²) in [5.41, 5.74) is 2.03. The molecule has 1 aliphatic heterocycles. The molecular weight excluding hydrogens is 518 g/mol. The van der Waals surface area contributed by atoms with Gasteiger partial charge in [0.2, 0.25) is 0 Å². The van der Waals surface area contributed by atoms with Crippen molar-refractivity contribution in [2.45, 2.75) is 13.5 Å². The summed E-state index contributed by atoms with van der Waals surface area (Å²) in [6.07, 6.45) is 1.34. The highest BCUT2D eigenvalue weighted by Gasteiger charge is 2.37. The molecule has 0 atom stereocenters. The molecule has 1 fully saturated rings. The second kappa shape index (κ2) is 9.90. The number of barbiturate groups is 1. The number of aryl methyl sites for hydroxylation is 1. The topological polar surface area (TPSA) is 119 Å². The van der Waals surface area contributed by atoms with E-state index in [1.54, 1.807) is 18.2 Å². The van der Waals surface area contributed by atoms with E-state index in [1.165, 1.54) is 24.3 Å². The van der Waals surface area contributed by atoms with Gasteiger partial charge in [-0.05, 0) is 58.3 Å². The van der Waals surface area contributed by atoms with Crippen molar-refractivity contribution in [3.63, 3.8) is 0 Å². The van der Waals surface area contributed by atoms with Gasteiger partial charge < -0.3 is 4.74 Å². The molecule has 1 aliphatic rings. The summed E-state index contributed by atoms with van der Waals surface area (Å²) < 4.78 is 6.47. The van der Waals surface area contributed by atoms with Crippen LogP contribution in [0.25, 0.3) is 6.08 Å². The van der Waals surface area contributed by atoms with Crippen LogP contribution in [-0.4, -0.2) is 22.8 Å². The highest BCUT2D eigenvalue weighted by molar-refractivity contribution is 9.10. The van der Waals surface area contributed by atoms with Gasteiger partial charge in [-0.2, -0.15) is 0 Å². The van der Waals surface area contributed by atoms with Crippen LogP contribution in [0.4, 0.5) is 16.2 Å². The summed E-state index contributed by atoms with van der Waals surface area (Å²) in [5.74, 6) is -1.19. The Kier molecular flexibility index (Phi) is 6.74. The molecule has 3 aromatic rings. The van der Waals surface area contributed by atoms with Crippen molar-refractivity contribution in [1.82, 2.24) is 5.32 Å². The van der Waals surface area contributed by atoms with E-state index in [0.29, 0.717) is 27.3 Å². The zero-order valence-corrected chi connectivity index (χ0v) is 19.9. The molecule has 4 amide bonds. The lowest BCUT2D eigenvalue weighted by atomic mass is 10.1. The van der Waals surface area contributed by atoms with Crippen LogP contribution >= 0.6 is 15.9 Å². The van der Waals surface area contributed by atoms with Gasteiger partial charge in [-0.3, -0.25) is 25.0 Å². The normalized spacial score (nSPS) is 14.7. The standard InChI is InChI=1S/C25H18BrN3O6/c1-15-4-2-5-17(10-15)14-35-22-9-8-16(12-21(22)26)11-20-23(30)27-25(32)28(24(20)31)18-6-3-7-19(13-18)29(33)34/h2-13H,14H2,1H3,(H,27,30,32)/b20-11+. The maximum atomic E-state index is 13.0. The number of rotatable bonds is 6. The van der Waals surface area contributed by atoms with Crippen LogP contribution in [0.3, 0.4) is 0 Å². The first-order valence-corrected chi connectivity index (χ1v) is 11.2. The molecule has 0 spiro atoms. The third-order valence-corrected chi connectivity index (χ3v) is 5.76. The molecule has 0 aromatic heterocycles. The summed E-state index contributed by atoms with van der Waals surface area (Å²) in [6.45, 7) is 2.36. The zero-order chi connectivity index (χ0) is 25.1. The molecule has 176 valence electrons. The van der Waals surface area contributed by atoms with Crippen LogP contribution < -0.4 is 15.0 Å². The number of amides is 4. The maximum absolute atomic E-state index is 13.0. The first-order valence-electron chi connectivity index (χ1n) is 10.4. The number of carbonyl (C=O) groups excluding carboxylic acids is 3.